The van der Waals surface area contributed by atoms with Gasteiger partial charge in [0.15, 0.2) is 0 Å². The molecule has 0 bridgehead atoms. The van der Waals surface area contributed by atoms with Crippen molar-refractivity contribution < 1.29 is 46.2 Å². The topological polar surface area (TPSA) is 124 Å². The van der Waals surface area contributed by atoms with Crippen molar-refractivity contribution >= 4 is 26.2 Å². The lowest BCUT2D eigenvalue weighted by Crippen LogP contribution is -2.40. The van der Waals surface area contributed by atoms with Gasteiger partial charge in [-0.25, -0.2) is 4.68 Å². The van der Waals surface area contributed by atoms with E-state index in [1.807, 2.05) is 48.5 Å². The van der Waals surface area contributed by atoms with Crippen LogP contribution >= 0.6 is 15.2 Å². The highest BCUT2D eigenvalue weighted by atomic mass is 31.2. The van der Waals surface area contributed by atoms with E-state index >= 15 is 0 Å². The van der Waals surface area contributed by atoms with Crippen molar-refractivity contribution in [1.82, 2.24) is 15.0 Å². The van der Waals surface area contributed by atoms with Crippen LogP contribution in [0.3, 0.4) is 0 Å². The molecule has 0 spiro atoms. The van der Waals surface area contributed by atoms with Crippen LogP contribution in [-0.4, -0.2) is 24.8 Å². The van der Waals surface area contributed by atoms with Gasteiger partial charge in [-0.2, -0.15) is 8.78 Å². The van der Waals surface area contributed by atoms with Crippen molar-refractivity contribution in [3.8, 4) is 0 Å². The third-order valence-electron chi connectivity index (χ3n) is 7.34. The van der Waals surface area contributed by atoms with Crippen LogP contribution in [0.25, 0.3) is 11.0 Å². The van der Waals surface area contributed by atoms with E-state index in [2.05, 4.69) is 19.8 Å². The summed E-state index contributed by atoms with van der Waals surface area (Å²) < 4.78 is 85.6. The van der Waals surface area contributed by atoms with Gasteiger partial charge in [0.2, 0.25) is 0 Å². The van der Waals surface area contributed by atoms with Crippen LogP contribution in [0.4, 0.5) is 17.8 Å². The second kappa shape index (κ2) is 12.4. The predicted molar refractivity (Wildman–Crippen MR) is 153 cm³/mol. The summed E-state index contributed by atoms with van der Waals surface area (Å²) in [5, 5.41) is 8.84. The fourth-order valence-electron chi connectivity index (χ4n) is 5.18. The Balaban J connectivity index is 1.63. The number of alkyl halides is 2. The lowest BCUT2D eigenvalue weighted by atomic mass is 9.78. The molecule has 1 atom stereocenters. The van der Waals surface area contributed by atoms with E-state index in [0.717, 1.165) is 23.3 Å². The average Bonchev–Trinajstić information content (AvgIpc) is 3.46. The number of nitrogens with zero attached hydrogens (tertiary/aromatic N) is 3. The molecule has 0 aliphatic heterocycles. The number of para-hydroxylation sites is 1. The molecule has 5 aromatic rings. The van der Waals surface area contributed by atoms with E-state index in [0.29, 0.717) is 16.6 Å². The quantitative estimate of drug-likeness (QED) is 0.106. The first kappa shape index (κ1) is 31.7. The molecular formula is C29H25F4N3O6P2. The molecule has 1 aromatic heterocycles. The molecule has 0 saturated carbocycles. The summed E-state index contributed by atoms with van der Waals surface area (Å²) in [6, 6.07) is 27.7. The Morgan fingerprint density at radius 2 is 1.23 bits per heavy atom. The number of rotatable bonds is 12. The maximum Gasteiger partial charge on any atom is 0.399 e. The van der Waals surface area contributed by atoms with Gasteiger partial charge in [-0.1, -0.05) is 96.2 Å². The molecule has 1 unspecified atom stereocenters. The Morgan fingerprint density at radius 3 is 1.80 bits per heavy atom. The van der Waals surface area contributed by atoms with Crippen molar-refractivity contribution in [3.05, 3.63) is 131 Å². The molecule has 4 aromatic carbocycles. The second-order valence-corrected chi connectivity index (χ2v) is 13.7. The Bertz CT molecular complexity index is 1830. The summed E-state index contributed by atoms with van der Waals surface area (Å²) >= 11 is 0. The highest BCUT2D eigenvalue weighted by molar-refractivity contribution is 7.52. The number of hydrogen-bond acceptors (Lipinski definition) is 6. The van der Waals surface area contributed by atoms with Gasteiger partial charge in [-0.15, -0.1) is 14.6 Å². The zero-order valence-corrected chi connectivity index (χ0v) is 24.5. The van der Waals surface area contributed by atoms with Crippen molar-refractivity contribution in [2.24, 2.45) is 0 Å². The first-order valence-corrected chi connectivity index (χ1v) is 16.4. The number of hydrogen-bond donors (Lipinski definition) is 2. The summed E-state index contributed by atoms with van der Waals surface area (Å²) in [4.78, 5) is 18.4. The standard InChI is InChI=1S/C29H25F4N3O6P2/c30-29(31,44(38,39)40)25-16-14-22(15-17-25)19-28(24-6-2-1-3-7-24,36-27-9-5-4-8-26(27)34-35-36)18-21-10-12-23(13-11-21)20-43(37,41-32)42-33/h1-17H,18-20H2,(H2,38,39,40). The highest BCUT2D eigenvalue weighted by Crippen LogP contribution is 2.59. The van der Waals surface area contributed by atoms with Crippen LogP contribution in [0, 0.1) is 0 Å². The van der Waals surface area contributed by atoms with Gasteiger partial charge in [0.1, 0.15) is 5.52 Å². The molecule has 2 N–H and O–H groups in total. The van der Waals surface area contributed by atoms with E-state index in [-0.39, 0.29) is 18.4 Å². The third kappa shape index (κ3) is 6.25. The zero-order chi connectivity index (χ0) is 31.6. The van der Waals surface area contributed by atoms with Crippen LogP contribution < -0.4 is 0 Å². The molecule has 0 amide bonds. The molecule has 5 rings (SSSR count). The Hall–Kier alpha value is -3.70. The van der Waals surface area contributed by atoms with E-state index < -0.39 is 38.1 Å². The molecule has 44 heavy (non-hydrogen) atoms. The average molecular weight is 649 g/mol. The second-order valence-electron chi connectivity index (χ2n) is 10.2. The number of aromatic nitrogens is 3. The fraction of sp³-hybridized carbons (Fsp3) is 0.172. The zero-order valence-electron chi connectivity index (χ0n) is 22.7. The highest BCUT2D eigenvalue weighted by Gasteiger charge is 2.50. The van der Waals surface area contributed by atoms with Gasteiger partial charge in [-0.05, 0) is 43.4 Å². The van der Waals surface area contributed by atoms with E-state index in [4.69, 9.17) is 0 Å². The largest absolute Gasteiger partial charge is 0.399 e. The molecule has 0 aliphatic carbocycles. The SMILES string of the molecule is O=P(Cc1ccc(CC(Cc2ccc(C(F)(F)P(=O)(O)O)cc2)(c2ccccc2)n2nnc3ccccc32)cc1)(OF)OF. The van der Waals surface area contributed by atoms with Gasteiger partial charge >= 0.3 is 20.9 Å². The van der Waals surface area contributed by atoms with E-state index in [1.165, 1.54) is 24.3 Å². The predicted octanol–water partition coefficient (Wildman–Crippen LogP) is 7.38. The van der Waals surface area contributed by atoms with Crippen molar-refractivity contribution in [1.29, 1.82) is 0 Å². The van der Waals surface area contributed by atoms with Gasteiger partial charge in [0.25, 0.3) is 0 Å². The summed E-state index contributed by atoms with van der Waals surface area (Å²) in [5.41, 5.74) is -2.60. The minimum atomic E-state index is -5.76. The molecular weight excluding hydrogens is 624 g/mol. The normalized spacial score (nSPS) is 14.0. The van der Waals surface area contributed by atoms with Crippen molar-refractivity contribution in [2.45, 2.75) is 30.2 Å². The fourth-order valence-corrected chi connectivity index (χ4v) is 6.45. The van der Waals surface area contributed by atoms with Gasteiger partial charge in [0, 0.05) is 18.4 Å². The maximum absolute atomic E-state index is 14.4. The Labute approximate surface area is 248 Å². The van der Waals surface area contributed by atoms with Crippen LogP contribution in [0.2, 0.25) is 0 Å². The first-order chi connectivity index (χ1) is 20.9. The lowest BCUT2D eigenvalue weighted by Gasteiger charge is -2.36. The molecule has 1 heterocycles. The van der Waals surface area contributed by atoms with Crippen LogP contribution in [0.5, 0.6) is 0 Å². The molecule has 9 nitrogen and oxygen atoms in total. The minimum Gasteiger partial charge on any atom is -0.320 e. The molecule has 15 heteroatoms. The minimum absolute atomic E-state index is 0.175. The maximum atomic E-state index is 14.4. The van der Waals surface area contributed by atoms with E-state index in [9.17, 15) is 36.7 Å². The molecule has 0 fully saturated rings. The monoisotopic (exact) mass is 649 g/mol. The summed E-state index contributed by atoms with van der Waals surface area (Å²) in [5.74, 6) is 0. The van der Waals surface area contributed by atoms with Crippen LogP contribution in [-0.2, 0) is 48.8 Å². The van der Waals surface area contributed by atoms with Crippen molar-refractivity contribution in [3.63, 3.8) is 0 Å². The van der Waals surface area contributed by atoms with Gasteiger partial charge < -0.3 is 9.79 Å². The smallest absolute Gasteiger partial charge is 0.320 e. The third-order valence-corrected chi connectivity index (χ3v) is 9.50. The number of fused-ring (bicyclic) bond motifs is 1. The molecule has 230 valence electrons. The lowest BCUT2D eigenvalue weighted by molar-refractivity contribution is -0.0881. The van der Waals surface area contributed by atoms with Crippen molar-refractivity contribution in [2.75, 3.05) is 0 Å². The first-order valence-electron chi connectivity index (χ1n) is 13.1. The van der Waals surface area contributed by atoms with Crippen LogP contribution in [0.15, 0.2) is 103 Å². The van der Waals surface area contributed by atoms with E-state index in [1.54, 1.807) is 22.9 Å². The van der Waals surface area contributed by atoms with Gasteiger partial charge in [-0.3, -0.25) is 9.13 Å². The summed E-state index contributed by atoms with van der Waals surface area (Å²) in [6.45, 7) is 0. The van der Waals surface area contributed by atoms with Gasteiger partial charge in [0.05, 0.1) is 17.2 Å². The number of halogens is 4. The Morgan fingerprint density at radius 1 is 0.705 bits per heavy atom. The van der Waals surface area contributed by atoms with Crippen LogP contribution in [0.1, 0.15) is 27.8 Å². The summed E-state index contributed by atoms with van der Waals surface area (Å²) in [7, 11) is -10.4. The Kier molecular flexibility index (Phi) is 8.91. The number of benzene rings is 4. The summed E-state index contributed by atoms with van der Waals surface area (Å²) in [6.07, 6.45) is -0.222. The molecule has 0 saturated heterocycles. The molecule has 0 radical (unpaired) electrons. The molecule has 0 aliphatic rings.